The molecule has 0 amide bonds. The molecule has 1 aromatic carbocycles. The SMILES string of the molecule is NNc1ncc(Br)c(N(CCO)Cc2ccccc2)n1. The van der Waals surface area contributed by atoms with Gasteiger partial charge in [0.25, 0.3) is 0 Å². The summed E-state index contributed by atoms with van der Waals surface area (Å²) in [6, 6.07) is 9.99. The molecular weight excluding hydrogens is 322 g/mol. The topological polar surface area (TPSA) is 87.3 Å². The number of hydrazine groups is 1. The molecular formula is C13H16BrN5O. The average molecular weight is 338 g/mol. The lowest BCUT2D eigenvalue weighted by Crippen LogP contribution is -2.28. The van der Waals surface area contributed by atoms with Crippen LogP contribution < -0.4 is 16.2 Å². The number of hydrogen-bond acceptors (Lipinski definition) is 6. The van der Waals surface area contributed by atoms with Crippen molar-refractivity contribution < 1.29 is 5.11 Å². The summed E-state index contributed by atoms with van der Waals surface area (Å²) in [7, 11) is 0. The van der Waals surface area contributed by atoms with Crippen LogP contribution in [0, 0.1) is 0 Å². The van der Waals surface area contributed by atoms with Gasteiger partial charge < -0.3 is 10.0 Å². The molecule has 0 unspecified atom stereocenters. The molecule has 2 aromatic rings. The Balaban J connectivity index is 2.28. The van der Waals surface area contributed by atoms with Crippen LogP contribution in [0.5, 0.6) is 0 Å². The molecule has 0 saturated carbocycles. The first-order valence-corrected chi connectivity index (χ1v) is 6.92. The molecule has 20 heavy (non-hydrogen) atoms. The molecule has 2 rings (SSSR count). The maximum Gasteiger partial charge on any atom is 0.239 e. The number of benzene rings is 1. The van der Waals surface area contributed by atoms with E-state index in [4.69, 9.17) is 5.84 Å². The van der Waals surface area contributed by atoms with Gasteiger partial charge in [-0.1, -0.05) is 30.3 Å². The van der Waals surface area contributed by atoms with Crippen molar-refractivity contribution in [2.75, 3.05) is 23.5 Å². The lowest BCUT2D eigenvalue weighted by molar-refractivity contribution is 0.301. The van der Waals surface area contributed by atoms with Crippen LogP contribution in [0.15, 0.2) is 41.0 Å². The predicted molar refractivity (Wildman–Crippen MR) is 82.1 cm³/mol. The summed E-state index contributed by atoms with van der Waals surface area (Å²) in [6.45, 7) is 1.14. The normalized spacial score (nSPS) is 10.3. The Morgan fingerprint density at radius 3 is 2.70 bits per heavy atom. The van der Waals surface area contributed by atoms with Crippen LogP contribution in [-0.2, 0) is 6.54 Å². The monoisotopic (exact) mass is 337 g/mol. The predicted octanol–water partition coefficient (Wildman–Crippen LogP) is 1.52. The number of nitrogens with one attached hydrogen (secondary N) is 1. The van der Waals surface area contributed by atoms with Crippen molar-refractivity contribution in [1.82, 2.24) is 9.97 Å². The van der Waals surface area contributed by atoms with E-state index in [1.165, 1.54) is 0 Å². The molecule has 106 valence electrons. The Kier molecular flexibility index (Phi) is 5.28. The molecule has 0 aliphatic heterocycles. The van der Waals surface area contributed by atoms with Crippen molar-refractivity contribution in [3.05, 3.63) is 46.6 Å². The minimum absolute atomic E-state index is 0.0364. The largest absolute Gasteiger partial charge is 0.395 e. The number of hydrogen-bond donors (Lipinski definition) is 3. The quantitative estimate of drug-likeness (QED) is 0.547. The van der Waals surface area contributed by atoms with Gasteiger partial charge in [0.1, 0.15) is 5.82 Å². The van der Waals surface area contributed by atoms with Gasteiger partial charge in [0.15, 0.2) is 0 Å². The molecule has 1 heterocycles. The van der Waals surface area contributed by atoms with Gasteiger partial charge >= 0.3 is 0 Å². The van der Waals surface area contributed by atoms with Gasteiger partial charge in [-0.05, 0) is 21.5 Å². The molecule has 0 radical (unpaired) electrons. The standard InChI is InChI=1S/C13H16BrN5O/c14-11-8-16-13(18-15)17-12(11)19(6-7-20)9-10-4-2-1-3-5-10/h1-5,8,20H,6-7,9,15H2,(H,16,17,18). The van der Waals surface area contributed by atoms with Gasteiger partial charge in [0.2, 0.25) is 5.95 Å². The lowest BCUT2D eigenvalue weighted by Gasteiger charge is -2.24. The maximum absolute atomic E-state index is 9.25. The first-order valence-electron chi connectivity index (χ1n) is 6.13. The summed E-state index contributed by atoms with van der Waals surface area (Å²) in [6.07, 6.45) is 1.63. The highest BCUT2D eigenvalue weighted by Gasteiger charge is 2.13. The Bertz CT molecular complexity index is 552. The molecule has 1 aromatic heterocycles. The second-order valence-corrected chi connectivity index (χ2v) is 4.99. The van der Waals surface area contributed by atoms with Crippen molar-refractivity contribution in [2.45, 2.75) is 6.54 Å². The first-order chi connectivity index (χ1) is 9.74. The summed E-state index contributed by atoms with van der Waals surface area (Å²) in [4.78, 5) is 10.3. The molecule has 0 fully saturated rings. The van der Waals surface area contributed by atoms with Crippen LogP contribution in [0.1, 0.15) is 5.56 Å². The molecule has 0 aliphatic rings. The number of rotatable bonds is 6. The van der Waals surface area contributed by atoms with E-state index < -0.39 is 0 Å². The van der Waals surface area contributed by atoms with Gasteiger partial charge in [0, 0.05) is 19.3 Å². The van der Waals surface area contributed by atoms with Crippen LogP contribution >= 0.6 is 15.9 Å². The minimum atomic E-state index is 0.0364. The fourth-order valence-electron chi connectivity index (χ4n) is 1.83. The van der Waals surface area contributed by atoms with Crippen LogP contribution in [0.25, 0.3) is 0 Å². The highest BCUT2D eigenvalue weighted by molar-refractivity contribution is 9.10. The van der Waals surface area contributed by atoms with E-state index in [0.717, 1.165) is 10.0 Å². The summed E-state index contributed by atoms with van der Waals surface area (Å²) in [5.41, 5.74) is 3.56. The smallest absolute Gasteiger partial charge is 0.239 e. The van der Waals surface area contributed by atoms with E-state index in [0.29, 0.717) is 24.9 Å². The van der Waals surface area contributed by atoms with Crippen LogP contribution in [-0.4, -0.2) is 28.2 Å². The number of nitrogens with two attached hydrogens (primary N) is 1. The number of aliphatic hydroxyl groups excluding tert-OH is 1. The van der Waals surface area contributed by atoms with E-state index in [2.05, 4.69) is 31.3 Å². The number of nitrogens with zero attached hydrogens (tertiary/aromatic N) is 3. The van der Waals surface area contributed by atoms with Crippen molar-refractivity contribution >= 4 is 27.7 Å². The first kappa shape index (κ1) is 14.7. The Morgan fingerprint density at radius 1 is 1.30 bits per heavy atom. The van der Waals surface area contributed by atoms with E-state index in [1.807, 2.05) is 35.2 Å². The average Bonchev–Trinajstić information content (AvgIpc) is 2.48. The van der Waals surface area contributed by atoms with Gasteiger partial charge in [-0.2, -0.15) is 4.98 Å². The highest BCUT2D eigenvalue weighted by atomic mass is 79.9. The van der Waals surface area contributed by atoms with Crippen molar-refractivity contribution in [2.24, 2.45) is 5.84 Å². The summed E-state index contributed by atoms with van der Waals surface area (Å²) < 4.78 is 0.751. The minimum Gasteiger partial charge on any atom is -0.395 e. The fraction of sp³-hybridized carbons (Fsp3) is 0.231. The summed E-state index contributed by atoms with van der Waals surface area (Å²) in [5, 5.41) is 9.25. The van der Waals surface area contributed by atoms with Crippen molar-refractivity contribution in [1.29, 1.82) is 0 Å². The number of nitrogen functional groups attached to an aromatic ring is 1. The third kappa shape index (κ3) is 3.66. The van der Waals surface area contributed by atoms with E-state index in [1.54, 1.807) is 6.20 Å². The number of anilines is 2. The molecule has 0 bridgehead atoms. The summed E-state index contributed by atoms with van der Waals surface area (Å²) >= 11 is 3.43. The van der Waals surface area contributed by atoms with Crippen LogP contribution in [0.4, 0.5) is 11.8 Å². The molecule has 0 atom stereocenters. The third-order valence-corrected chi connectivity index (χ3v) is 3.30. The fourth-order valence-corrected chi connectivity index (χ4v) is 2.28. The zero-order valence-corrected chi connectivity index (χ0v) is 12.4. The van der Waals surface area contributed by atoms with Gasteiger partial charge in [0.05, 0.1) is 11.1 Å². The van der Waals surface area contributed by atoms with E-state index in [-0.39, 0.29) is 6.61 Å². The molecule has 7 heteroatoms. The number of aromatic nitrogens is 2. The number of halogens is 1. The van der Waals surface area contributed by atoms with Gasteiger partial charge in [-0.3, -0.25) is 5.43 Å². The Hall–Kier alpha value is -1.70. The van der Waals surface area contributed by atoms with Crippen molar-refractivity contribution in [3.63, 3.8) is 0 Å². The van der Waals surface area contributed by atoms with Gasteiger partial charge in [-0.25, -0.2) is 10.8 Å². The molecule has 0 saturated heterocycles. The second kappa shape index (κ2) is 7.18. The summed E-state index contributed by atoms with van der Waals surface area (Å²) in [5.74, 6) is 6.36. The third-order valence-electron chi connectivity index (χ3n) is 2.74. The number of aliphatic hydroxyl groups is 1. The maximum atomic E-state index is 9.25. The Morgan fingerprint density at radius 2 is 2.05 bits per heavy atom. The molecule has 6 nitrogen and oxygen atoms in total. The van der Waals surface area contributed by atoms with E-state index in [9.17, 15) is 5.11 Å². The van der Waals surface area contributed by atoms with Gasteiger partial charge in [-0.15, -0.1) is 0 Å². The zero-order chi connectivity index (χ0) is 14.4. The van der Waals surface area contributed by atoms with Crippen LogP contribution in [0.2, 0.25) is 0 Å². The highest BCUT2D eigenvalue weighted by Crippen LogP contribution is 2.25. The van der Waals surface area contributed by atoms with E-state index >= 15 is 0 Å². The van der Waals surface area contributed by atoms with Crippen LogP contribution in [0.3, 0.4) is 0 Å². The van der Waals surface area contributed by atoms with Crippen molar-refractivity contribution in [3.8, 4) is 0 Å². The molecule has 0 spiro atoms. The Labute approximate surface area is 125 Å². The second-order valence-electron chi connectivity index (χ2n) is 4.14. The molecule has 0 aliphatic carbocycles. The molecule has 4 N–H and O–H groups in total. The zero-order valence-electron chi connectivity index (χ0n) is 10.8. The lowest BCUT2D eigenvalue weighted by atomic mass is 10.2.